The Bertz CT molecular complexity index is 324. The molecule has 2 aliphatic rings. The van der Waals surface area contributed by atoms with Crippen molar-refractivity contribution in [1.29, 1.82) is 0 Å². The number of likely N-dealkylation sites (N-methyl/N-ethyl adjacent to an activating group) is 1. The van der Waals surface area contributed by atoms with Crippen molar-refractivity contribution < 1.29 is 4.84 Å². The average Bonchev–Trinajstić information content (AvgIpc) is 2.55. The van der Waals surface area contributed by atoms with Gasteiger partial charge in [0.15, 0.2) is 0 Å². The van der Waals surface area contributed by atoms with Crippen LogP contribution in [0.2, 0.25) is 0 Å². The summed E-state index contributed by atoms with van der Waals surface area (Å²) in [7, 11) is 2.20. The number of rotatable bonds is 8. The zero-order valence-electron chi connectivity index (χ0n) is 14.7. The fourth-order valence-corrected chi connectivity index (χ4v) is 3.50. The molecule has 0 N–H and O–H groups in total. The normalized spacial score (nSPS) is 26.5. The second-order valence-electron chi connectivity index (χ2n) is 7.00. The zero-order chi connectivity index (χ0) is 15.6. The van der Waals surface area contributed by atoms with Gasteiger partial charge in [-0.15, -0.1) is 0 Å². The number of oxime groups is 1. The topological polar surface area (TPSA) is 28.1 Å². The quantitative estimate of drug-likeness (QED) is 0.508. The van der Waals surface area contributed by atoms with Gasteiger partial charge in [0.25, 0.3) is 0 Å². The third-order valence-electron chi connectivity index (χ3n) is 5.10. The van der Waals surface area contributed by atoms with Gasteiger partial charge in [-0.05, 0) is 39.2 Å². The van der Waals surface area contributed by atoms with E-state index in [2.05, 4.69) is 28.9 Å². The van der Waals surface area contributed by atoms with Crippen LogP contribution < -0.4 is 0 Å². The molecule has 0 aromatic heterocycles. The molecule has 1 unspecified atom stereocenters. The minimum Gasteiger partial charge on any atom is -0.396 e. The van der Waals surface area contributed by atoms with Crippen LogP contribution in [-0.2, 0) is 4.84 Å². The van der Waals surface area contributed by atoms with Gasteiger partial charge < -0.3 is 14.6 Å². The highest BCUT2D eigenvalue weighted by Gasteiger charge is 2.20. The number of nitrogens with zero attached hydrogens (tertiary/aromatic N) is 3. The lowest BCUT2D eigenvalue weighted by Crippen LogP contribution is -2.44. The first-order valence-electron chi connectivity index (χ1n) is 9.39. The Kier molecular flexibility index (Phi) is 8.24. The van der Waals surface area contributed by atoms with Gasteiger partial charge in [0.1, 0.15) is 6.61 Å². The molecule has 0 aromatic carbocycles. The van der Waals surface area contributed by atoms with Gasteiger partial charge >= 0.3 is 0 Å². The standard InChI is InChI=1S/C18H35N3O/c1-3-4-8-17-9-5-6-10-18(17)19-22-16-7-11-21-14-12-20(2)13-15-21/h17H,3-16H2,1-2H3. The lowest BCUT2D eigenvalue weighted by molar-refractivity contribution is 0.109. The van der Waals surface area contributed by atoms with Crippen LogP contribution in [0.1, 0.15) is 58.3 Å². The number of piperazine rings is 1. The van der Waals surface area contributed by atoms with E-state index in [-0.39, 0.29) is 0 Å². The summed E-state index contributed by atoms with van der Waals surface area (Å²) in [5.41, 5.74) is 1.35. The molecule has 0 aromatic rings. The van der Waals surface area contributed by atoms with Crippen LogP contribution in [0.25, 0.3) is 0 Å². The highest BCUT2D eigenvalue weighted by atomic mass is 16.6. The van der Waals surface area contributed by atoms with Gasteiger partial charge in [-0.1, -0.05) is 31.3 Å². The molecule has 128 valence electrons. The summed E-state index contributed by atoms with van der Waals surface area (Å²) < 4.78 is 0. The fourth-order valence-electron chi connectivity index (χ4n) is 3.50. The van der Waals surface area contributed by atoms with E-state index in [0.717, 1.165) is 26.0 Å². The molecule has 1 saturated heterocycles. The van der Waals surface area contributed by atoms with Crippen molar-refractivity contribution in [2.75, 3.05) is 46.4 Å². The van der Waals surface area contributed by atoms with Crippen molar-refractivity contribution in [3.63, 3.8) is 0 Å². The summed E-state index contributed by atoms with van der Waals surface area (Å²) in [6.45, 7) is 8.99. The van der Waals surface area contributed by atoms with E-state index in [0.29, 0.717) is 5.92 Å². The van der Waals surface area contributed by atoms with Crippen LogP contribution in [0, 0.1) is 5.92 Å². The van der Waals surface area contributed by atoms with Crippen molar-refractivity contribution >= 4 is 5.71 Å². The molecule has 1 heterocycles. The Morgan fingerprint density at radius 2 is 1.95 bits per heavy atom. The summed E-state index contributed by atoms with van der Waals surface area (Å²) in [6.07, 6.45) is 10.2. The smallest absolute Gasteiger partial charge is 0.118 e. The lowest BCUT2D eigenvalue weighted by Gasteiger charge is -2.32. The van der Waals surface area contributed by atoms with Gasteiger partial charge in [-0.25, -0.2) is 0 Å². The Balaban J connectivity index is 1.61. The molecular weight excluding hydrogens is 274 g/mol. The van der Waals surface area contributed by atoms with Crippen molar-refractivity contribution in [3.8, 4) is 0 Å². The number of unbranched alkanes of at least 4 members (excludes halogenated alkanes) is 1. The maximum atomic E-state index is 5.65. The molecule has 0 amide bonds. The van der Waals surface area contributed by atoms with E-state index in [4.69, 9.17) is 4.84 Å². The summed E-state index contributed by atoms with van der Waals surface area (Å²) in [6, 6.07) is 0. The second kappa shape index (κ2) is 10.2. The Labute approximate surface area is 136 Å². The van der Waals surface area contributed by atoms with E-state index in [1.165, 1.54) is 70.4 Å². The average molecular weight is 309 g/mol. The Morgan fingerprint density at radius 1 is 1.14 bits per heavy atom. The molecule has 1 saturated carbocycles. The SMILES string of the molecule is CCCCC1CCCCC1=NOCCCN1CCN(C)CC1. The van der Waals surface area contributed by atoms with Crippen LogP contribution >= 0.6 is 0 Å². The molecule has 0 radical (unpaired) electrons. The molecule has 4 heteroatoms. The molecule has 1 aliphatic heterocycles. The van der Waals surface area contributed by atoms with E-state index in [9.17, 15) is 0 Å². The van der Waals surface area contributed by atoms with Crippen LogP contribution in [0.3, 0.4) is 0 Å². The summed E-state index contributed by atoms with van der Waals surface area (Å²) >= 11 is 0. The van der Waals surface area contributed by atoms with E-state index in [1.807, 2.05) is 0 Å². The molecular formula is C18H35N3O. The largest absolute Gasteiger partial charge is 0.396 e. The first-order valence-corrected chi connectivity index (χ1v) is 9.39. The van der Waals surface area contributed by atoms with Crippen molar-refractivity contribution in [1.82, 2.24) is 9.80 Å². The van der Waals surface area contributed by atoms with Gasteiger partial charge in [0.2, 0.25) is 0 Å². The van der Waals surface area contributed by atoms with E-state index < -0.39 is 0 Å². The molecule has 1 aliphatic carbocycles. The molecule has 2 rings (SSSR count). The second-order valence-corrected chi connectivity index (χ2v) is 7.00. The molecule has 0 spiro atoms. The van der Waals surface area contributed by atoms with E-state index >= 15 is 0 Å². The van der Waals surface area contributed by atoms with Crippen LogP contribution in [-0.4, -0.2) is 61.9 Å². The molecule has 4 nitrogen and oxygen atoms in total. The van der Waals surface area contributed by atoms with Crippen LogP contribution in [0.5, 0.6) is 0 Å². The maximum Gasteiger partial charge on any atom is 0.118 e. The van der Waals surface area contributed by atoms with Gasteiger partial charge in [0, 0.05) is 38.6 Å². The minimum atomic E-state index is 0.700. The monoisotopic (exact) mass is 309 g/mol. The fraction of sp³-hybridized carbons (Fsp3) is 0.944. The zero-order valence-corrected chi connectivity index (χ0v) is 14.7. The summed E-state index contributed by atoms with van der Waals surface area (Å²) in [5, 5.41) is 4.50. The highest BCUT2D eigenvalue weighted by molar-refractivity contribution is 5.86. The minimum absolute atomic E-state index is 0.700. The van der Waals surface area contributed by atoms with Crippen molar-refractivity contribution in [3.05, 3.63) is 0 Å². The first kappa shape index (κ1) is 17.7. The van der Waals surface area contributed by atoms with E-state index in [1.54, 1.807) is 0 Å². The van der Waals surface area contributed by atoms with Gasteiger partial charge in [-0.3, -0.25) is 0 Å². The molecule has 22 heavy (non-hydrogen) atoms. The van der Waals surface area contributed by atoms with Crippen LogP contribution in [0.4, 0.5) is 0 Å². The van der Waals surface area contributed by atoms with Crippen molar-refractivity contribution in [2.24, 2.45) is 11.1 Å². The Morgan fingerprint density at radius 3 is 2.73 bits per heavy atom. The van der Waals surface area contributed by atoms with Gasteiger partial charge in [-0.2, -0.15) is 0 Å². The van der Waals surface area contributed by atoms with Gasteiger partial charge in [0.05, 0.1) is 5.71 Å². The van der Waals surface area contributed by atoms with Crippen molar-refractivity contribution in [2.45, 2.75) is 58.3 Å². The first-order chi connectivity index (χ1) is 10.8. The highest BCUT2D eigenvalue weighted by Crippen LogP contribution is 2.26. The van der Waals surface area contributed by atoms with Crippen LogP contribution in [0.15, 0.2) is 5.16 Å². The maximum absolute atomic E-state index is 5.65. The molecule has 1 atom stereocenters. The molecule has 0 bridgehead atoms. The number of hydrogen-bond donors (Lipinski definition) is 0. The molecule has 2 fully saturated rings. The summed E-state index contributed by atoms with van der Waals surface area (Å²) in [4.78, 5) is 10.6. The summed E-state index contributed by atoms with van der Waals surface area (Å²) in [5.74, 6) is 0.700. The lowest BCUT2D eigenvalue weighted by atomic mass is 9.84. The Hall–Kier alpha value is -0.610. The predicted molar refractivity (Wildman–Crippen MR) is 93.4 cm³/mol. The third kappa shape index (κ3) is 6.25. The third-order valence-corrected chi connectivity index (χ3v) is 5.10. The predicted octanol–water partition coefficient (Wildman–Crippen LogP) is 3.38. The number of hydrogen-bond acceptors (Lipinski definition) is 4.